The summed E-state index contributed by atoms with van der Waals surface area (Å²) in [6.07, 6.45) is 2.24. The number of para-hydroxylation sites is 1. The van der Waals surface area contributed by atoms with Crippen LogP contribution in [0.3, 0.4) is 0 Å². The van der Waals surface area contributed by atoms with Crippen molar-refractivity contribution in [3.8, 4) is 0 Å². The molecule has 124 valence electrons. The minimum Gasteiger partial charge on any atom is -0.394 e. The maximum Gasteiger partial charge on any atom is 0.225 e. The van der Waals surface area contributed by atoms with Crippen molar-refractivity contribution >= 4 is 28.4 Å². The van der Waals surface area contributed by atoms with Crippen LogP contribution in [0, 0.1) is 0 Å². The number of aliphatic hydroxyl groups is 1. The molecule has 0 aliphatic rings. The molecule has 1 aromatic heterocycles. The van der Waals surface area contributed by atoms with Crippen LogP contribution in [-0.4, -0.2) is 22.2 Å². The molecule has 1 atom stereocenters. The molecular weight excluding hydrogens is 324 g/mol. The van der Waals surface area contributed by atoms with Crippen LogP contribution in [0.1, 0.15) is 17.2 Å². The summed E-state index contributed by atoms with van der Waals surface area (Å²) in [5, 5.41) is 14.2. The number of aryl methyl sites for hydroxylation is 1. The summed E-state index contributed by atoms with van der Waals surface area (Å²) in [6, 6.07) is 14.7. The number of rotatable bonds is 5. The lowest BCUT2D eigenvalue weighted by Gasteiger charge is -2.16. The van der Waals surface area contributed by atoms with Crippen molar-refractivity contribution in [1.82, 2.24) is 9.88 Å². The number of halogens is 1. The zero-order valence-electron chi connectivity index (χ0n) is 13.4. The summed E-state index contributed by atoms with van der Waals surface area (Å²) < 4.78 is 2.01. The van der Waals surface area contributed by atoms with Crippen LogP contribution >= 0.6 is 11.6 Å². The predicted molar refractivity (Wildman–Crippen MR) is 96.0 cm³/mol. The molecule has 0 bridgehead atoms. The Balaban J connectivity index is 1.75. The van der Waals surface area contributed by atoms with E-state index in [-0.39, 0.29) is 18.9 Å². The third kappa shape index (κ3) is 3.45. The van der Waals surface area contributed by atoms with Gasteiger partial charge in [-0.05, 0) is 29.3 Å². The van der Waals surface area contributed by atoms with Gasteiger partial charge in [0.25, 0.3) is 0 Å². The zero-order valence-corrected chi connectivity index (χ0v) is 14.1. The predicted octanol–water partition coefficient (Wildman–Crippen LogP) is 3.22. The van der Waals surface area contributed by atoms with Crippen molar-refractivity contribution in [3.05, 3.63) is 70.9 Å². The molecule has 0 saturated heterocycles. The van der Waals surface area contributed by atoms with Crippen LogP contribution < -0.4 is 5.32 Å². The maximum absolute atomic E-state index is 12.4. The number of aliphatic hydroxyl groups excluding tert-OH is 1. The lowest BCUT2D eigenvalue weighted by Crippen LogP contribution is -2.31. The third-order valence-electron chi connectivity index (χ3n) is 4.12. The Bertz CT molecular complexity index is 855. The molecule has 3 rings (SSSR count). The van der Waals surface area contributed by atoms with Gasteiger partial charge in [-0.2, -0.15) is 0 Å². The fourth-order valence-corrected chi connectivity index (χ4v) is 3.04. The number of carbonyl (C=O) groups is 1. The van der Waals surface area contributed by atoms with E-state index in [0.29, 0.717) is 5.02 Å². The molecule has 5 heteroatoms. The first-order valence-corrected chi connectivity index (χ1v) is 8.15. The van der Waals surface area contributed by atoms with E-state index in [1.807, 2.05) is 42.1 Å². The summed E-state index contributed by atoms with van der Waals surface area (Å²) >= 11 is 5.88. The highest BCUT2D eigenvalue weighted by molar-refractivity contribution is 6.30. The van der Waals surface area contributed by atoms with Crippen molar-refractivity contribution in [1.29, 1.82) is 0 Å². The molecule has 4 nitrogen and oxygen atoms in total. The Morgan fingerprint density at radius 3 is 2.62 bits per heavy atom. The van der Waals surface area contributed by atoms with E-state index in [1.165, 1.54) is 0 Å². The van der Waals surface area contributed by atoms with Crippen LogP contribution in [0.4, 0.5) is 0 Å². The van der Waals surface area contributed by atoms with E-state index in [9.17, 15) is 9.90 Å². The number of amides is 1. The van der Waals surface area contributed by atoms with Gasteiger partial charge in [-0.15, -0.1) is 0 Å². The Morgan fingerprint density at radius 2 is 1.92 bits per heavy atom. The van der Waals surface area contributed by atoms with Crippen molar-refractivity contribution in [3.63, 3.8) is 0 Å². The SMILES string of the molecule is Cn1cc(CC(=O)NC(CO)c2ccc(Cl)cc2)c2ccccc21. The van der Waals surface area contributed by atoms with Crippen molar-refractivity contribution in [2.45, 2.75) is 12.5 Å². The lowest BCUT2D eigenvalue weighted by molar-refractivity contribution is -0.121. The standard InChI is InChI=1S/C19H19ClN2O2/c1-22-11-14(16-4-2-3-5-18(16)22)10-19(24)21-17(12-23)13-6-8-15(20)9-7-13/h2-9,11,17,23H,10,12H2,1H3,(H,21,24). The van der Waals surface area contributed by atoms with Gasteiger partial charge in [0.05, 0.1) is 19.1 Å². The molecular formula is C19H19ClN2O2. The van der Waals surface area contributed by atoms with Gasteiger partial charge in [-0.3, -0.25) is 4.79 Å². The third-order valence-corrected chi connectivity index (χ3v) is 4.37. The largest absolute Gasteiger partial charge is 0.394 e. The number of hydrogen-bond donors (Lipinski definition) is 2. The molecule has 0 aliphatic heterocycles. The van der Waals surface area contributed by atoms with Gasteiger partial charge in [0.15, 0.2) is 0 Å². The van der Waals surface area contributed by atoms with Gasteiger partial charge in [0, 0.05) is 29.2 Å². The van der Waals surface area contributed by atoms with Gasteiger partial charge < -0.3 is 15.0 Å². The minimum absolute atomic E-state index is 0.125. The lowest BCUT2D eigenvalue weighted by atomic mass is 10.1. The van der Waals surface area contributed by atoms with E-state index in [2.05, 4.69) is 5.32 Å². The molecule has 1 unspecified atom stereocenters. The molecule has 1 amide bonds. The number of nitrogens with zero attached hydrogens (tertiary/aromatic N) is 1. The Morgan fingerprint density at radius 1 is 1.21 bits per heavy atom. The number of nitrogens with one attached hydrogen (secondary N) is 1. The summed E-state index contributed by atoms with van der Waals surface area (Å²) in [7, 11) is 1.97. The van der Waals surface area contributed by atoms with Crippen LogP contribution in [0.2, 0.25) is 5.02 Å². The zero-order chi connectivity index (χ0) is 17.1. The number of carbonyl (C=O) groups excluding carboxylic acids is 1. The first kappa shape index (κ1) is 16.6. The monoisotopic (exact) mass is 342 g/mol. The van der Waals surface area contributed by atoms with Crippen LogP contribution in [-0.2, 0) is 18.3 Å². The van der Waals surface area contributed by atoms with E-state index >= 15 is 0 Å². The van der Waals surface area contributed by atoms with Crippen molar-refractivity contribution in [2.24, 2.45) is 7.05 Å². The summed E-state index contributed by atoms with van der Waals surface area (Å²) in [5.41, 5.74) is 2.89. The second-order valence-corrected chi connectivity index (χ2v) is 6.25. The number of fused-ring (bicyclic) bond motifs is 1. The average Bonchev–Trinajstić information content (AvgIpc) is 2.90. The fraction of sp³-hybridized carbons (Fsp3) is 0.211. The Hall–Kier alpha value is -2.30. The first-order chi connectivity index (χ1) is 11.6. The highest BCUT2D eigenvalue weighted by atomic mass is 35.5. The number of aromatic nitrogens is 1. The summed E-state index contributed by atoms with van der Waals surface area (Å²) in [4.78, 5) is 12.4. The van der Waals surface area contributed by atoms with Gasteiger partial charge in [-0.25, -0.2) is 0 Å². The molecule has 0 aliphatic carbocycles. The minimum atomic E-state index is -0.440. The average molecular weight is 343 g/mol. The second-order valence-electron chi connectivity index (χ2n) is 5.81. The van der Waals surface area contributed by atoms with Gasteiger partial charge in [-0.1, -0.05) is 41.9 Å². The molecule has 0 spiro atoms. The van der Waals surface area contributed by atoms with Crippen molar-refractivity contribution in [2.75, 3.05) is 6.61 Å². The van der Waals surface area contributed by atoms with Crippen molar-refractivity contribution < 1.29 is 9.90 Å². The van der Waals surface area contributed by atoms with E-state index in [1.54, 1.807) is 24.3 Å². The van der Waals surface area contributed by atoms with E-state index in [4.69, 9.17) is 11.6 Å². The molecule has 1 heterocycles. The molecule has 2 N–H and O–H groups in total. The smallest absolute Gasteiger partial charge is 0.225 e. The molecule has 24 heavy (non-hydrogen) atoms. The highest BCUT2D eigenvalue weighted by Gasteiger charge is 2.16. The van der Waals surface area contributed by atoms with E-state index in [0.717, 1.165) is 22.0 Å². The quantitative estimate of drug-likeness (QED) is 0.748. The summed E-state index contributed by atoms with van der Waals surface area (Å²) in [6.45, 7) is -0.164. The summed E-state index contributed by atoms with van der Waals surface area (Å²) in [5.74, 6) is -0.125. The molecule has 3 aromatic rings. The van der Waals surface area contributed by atoms with E-state index < -0.39 is 6.04 Å². The first-order valence-electron chi connectivity index (χ1n) is 7.77. The second kappa shape index (κ2) is 7.07. The Labute approximate surface area is 145 Å². The van der Waals surface area contributed by atoms with Crippen LogP contribution in [0.15, 0.2) is 54.7 Å². The molecule has 0 radical (unpaired) electrons. The van der Waals surface area contributed by atoms with Crippen LogP contribution in [0.5, 0.6) is 0 Å². The normalized spacial score (nSPS) is 12.3. The maximum atomic E-state index is 12.4. The fourth-order valence-electron chi connectivity index (χ4n) is 2.91. The topological polar surface area (TPSA) is 54.3 Å². The van der Waals surface area contributed by atoms with Gasteiger partial charge in [0.1, 0.15) is 0 Å². The number of benzene rings is 2. The Kier molecular flexibility index (Phi) is 4.88. The van der Waals surface area contributed by atoms with Crippen LogP contribution in [0.25, 0.3) is 10.9 Å². The molecule has 0 saturated carbocycles. The van der Waals surface area contributed by atoms with Gasteiger partial charge >= 0.3 is 0 Å². The molecule has 0 fully saturated rings. The number of hydrogen-bond acceptors (Lipinski definition) is 2. The molecule has 2 aromatic carbocycles. The van der Waals surface area contributed by atoms with Gasteiger partial charge in [0.2, 0.25) is 5.91 Å². The highest BCUT2D eigenvalue weighted by Crippen LogP contribution is 2.21.